The van der Waals surface area contributed by atoms with Crippen molar-refractivity contribution in [2.45, 2.75) is 32.1 Å². The van der Waals surface area contributed by atoms with Crippen LogP contribution in [0.2, 0.25) is 0 Å². The van der Waals surface area contributed by atoms with E-state index in [9.17, 15) is 14.4 Å². The minimum absolute atomic E-state index is 0.0329. The van der Waals surface area contributed by atoms with Crippen LogP contribution in [0.15, 0.2) is 0 Å². The first-order chi connectivity index (χ1) is 10.0. The fourth-order valence-corrected chi connectivity index (χ4v) is 3.33. The van der Waals surface area contributed by atoms with Gasteiger partial charge >= 0.3 is 5.97 Å². The summed E-state index contributed by atoms with van der Waals surface area (Å²) in [5.74, 6) is -0.544. The number of hydrogen-bond donors (Lipinski definition) is 1. The number of likely N-dealkylation sites (tertiary alicyclic amines) is 2. The third kappa shape index (κ3) is 3.19. The molecule has 1 aliphatic carbocycles. The van der Waals surface area contributed by atoms with E-state index in [0.29, 0.717) is 44.8 Å². The molecule has 2 amide bonds. The van der Waals surface area contributed by atoms with Crippen molar-refractivity contribution in [2.75, 3.05) is 26.2 Å². The summed E-state index contributed by atoms with van der Waals surface area (Å²) in [6, 6.07) is 0. The van der Waals surface area contributed by atoms with E-state index in [-0.39, 0.29) is 23.7 Å². The van der Waals surface area contributed by atoms with Crippen LogP contribution < -0.4 is 0 Å². The molecule has 0 aromatic heterocycles. The monoisotopic (exact) mass is 294 g/mol. The molecule has 3 rings (SSSR count). The molecule has 1 saturated carbocycles. The van der Waals surface area contributed by atoms with E-state index in [1.165, 1.54) is 12.8 Å². The molecule has 1 unspecified atom stereocenters. The molecule has 0 radical (unpaired) electrons. The van der Waals surface area contributed by atoms with E-state index in [1.54, 1.807) is 4.90 Å². The van der Waals surface area contributed by atoms with Crippen molar-refractivity contribution in [1.82, 2.24) is 9.80 Å². The van der Waals surface area contributed by atoms with Crippen molar-refractivity contribution in [2.24, 2.45) is 17.8 Å². The number of carbonyl (C=O) groups excluding carboxylic acids is 2. The van der Waals surface area contributed by atoms with Crippen LogP contribution in [-0.2, 0) is 14.4 Å². The highest BCUT2D eigenvalue weighted by molar-refractivity contribution is 5.89. The molecular weight excluding hydrogens is 272 g/mol. The second kappa shape index (κ2) is 5.66. The Morgan fingerprint density at radius 2 is 1.76 bits per heavy atom. The van der Waals surface area contributed by atoms with Crippen molar-refractivity contribution in [1.29, 1.82) is 0 Å². The smallest absolute Gasteiger partial charge is 0.306 e. The maximum absolute atomic E-state index is 12.5. The van der Waals surface area contributed by atoms with Crippen LogP contribution in [0, 0.1) is 17.8 Å². The summed E-state index contributed by atoms with van der Waals surface area (Å²) in [5, 5.41) is 8.98. The molecule has 6 nitrogen and oxygen atoms in total. The summed E-state index contributed by atoms with van der Waals surface area (Å²) in [7, 11) is 0. The van der Waals surface area contributed by atoms with Crippen LogP contribution in [0.4, 0.5) is 0 Å². The standard InChI is InChI=1S/C15H22N2O4/c18-13-7-12(9-17(13)8-10-1-2-10)14(19)16-5-3-11(4-6-16)15(20)21/h10-12H,1-9H2,(H,20,21). The number of amides is 2. The minimum Gasteiger partial charge on any atom is -0.481 e. The Bertz CT molecular complexity index is 453. The first kappa shape index (κ1) is 14.4. The lowest BCUT2D eigenvalue weighted by molar-refractivity contribution is -0.146. The summed E-state index contributed by atoms with van der Waals surface area (Å²) < 4.78 is 0. The zero-order valence-electron chi connectivity index (χ0n) is 12.2. The molecule has 0 bridgehead atoms. The van der Waals surface area contributed by atoms with E-state index < -0.39 is 5.97 Å². The number of carbonyl (C=O) groups is 3. The lowest BCUT2D eigenvalue weighted by Gasteiger charge is -2.31. The number of carboxylic acids is 1. The largest absolute Gasteiger partial charge is 0.481 e. The van der Waals surface area contributed by atoms with Gasteiger partial charge in [0.2, 0.25) is 11.8 Å². The van der Waals surface area contributed by atoms with E-state index in [2.05, 4.69) is 0 Å². The molecule has 0 aromatic carbocycles. The molecule has 116 valence electrons. The molecular formula is C15H22N2O4. The minimum atomic E-state index is -0.770. The van der Waals surface area contributed by atoms with Crippen molar-refractivity contribution in [3.63, 3.8) is 0 Å². The first-order valence-corrected chi connectivity index (χ1v) is 7.84. The Morgan fingerprint density at radius 3 is 2.33 bits per heavy atom. The predicted octanol–water partition coefficient (Wildman–Crippen LogP) is 0.568. The molecule has 2 heterocycles. The van der Waals surface area contributed by atoms with Gasteiger partial charge in [0.15, 0.2) is 0 Å². The van der Waals surface area contributed by atoms with Gasteiger partial charge < -0.3 is 14.9 Å². The van der Waals surface area contributed by atoms with E-state index in [0.717, 1.165) is 6.54 Å². The highest BCUT2D eigenvalue weighted by atomic mass is 16.4. The maximum Gasteiger partial charge on any atom is 0.306 e. The lowest BCUT2D eigenvalue weighted by atomic mass is 9.95. The Hall–Kier alpha value is -1.59. The summed E-state index contributed by atoms with van der Waals surface area (Å²) in [6.07, 6.45) is 3.77. The molecule has 2 saturated heterocycles. The summed E-state index contributed by atoms with van der Waals surface area (Å²) in [6.45, 7) is 2.36. The van der Waals surface area contributed by atoms with Crippen molar-refractivity contribution < 1.29 is 19.5 Å². The van der Waals surface area contributed by atoms with Crippen LogP contribution >= 0.6 is 0 Å². The Balaban J connectivity index is 1.51. The SMILES string of the molecule is O=C(O)C1CCN(C(=O)C2CC(=O)N(CC3CC3)C2)CC1. The van der Waals surface area contributed by atoms with Crippen LogP contribution in [-0.4, -0.2) is 58.9 Å². The highest BCUT2D eigenvalue weighted by Gasteiger charge is 2.39. The first-order valence-electron chi connectivity index (χ1n) is 7.84. The fraction of sp³-hybridized carbons (Fsp3) is 0.800. The quantitative estimate of drug-likeness (QED) is 0.822. The summed E-state index contributed by atoms with van der Waals surface area (Å²) >= 11 is 0. The average molecular weight is 294 g/mol. The average Bonchev–Trinajstić information content (AvgIpc) is 3.21. The van der Waals surface area contributed by atoms with Gasteiger partial charge in [-0.15, -0.1) is 0 Å². The van der Waals surface area contributed by atoms with Crippen molar-refractivity contribution >= 4 is 17.8 Å². The Morgan fingerprint density at radius 1 is 1.10 bits per heavy atom. The number of hydrogen-bond acceptors (Lipinski definition) is 3. The molecule has 1 N–H and O–H groups in total. The zero-order chi connectivity index (χ0) is 15.0. The van der Waals surface area contributed by atoms with Crippen molar-refractivity contribution in [3.05, 3.63) is 0 Å². The molecule has 2 aliphatic heterocycles. The number of piperidine rings is 1. The van der Waals surface area contributed by atoms with Gasteiger partial charge in [0.25, 0.3) is 0 Å². The van der Waals surface area contributed by atoms with Gasteiger partial charge in [0, 0.05) is 32.6 Å². The molecule has 3 fully saturated rings. The number of rotatable bonds is 4. The van der Waals surface area contributed by atoms with Crippen LogP contribution in [0.5, 0.6) is 0 Å². The highest BCUT2D eigenvalue weighted by Crippen LogP contribution is 2.32. The third-order valence-electron chi connectivity index (χ3n) is 4.90. The summed E-state index contributed by atoms with van der Waals surface area (Å²) in [4.78, 5) is 38.9. The maximum atomic E-state index is 12.5. The fourth-order valence-electron chi connectivity index (χ4n) is 3.33. The number of carboxylic acid groups (broad SMARTS) is 1. The van der Waals surface area contributed by atoms with Crippen LogP contribution in [0.1, 0.15) is 32.1 Å². The number of nitrogens with zero attached hydrogens (tertiary/aromatic N) is 2. The number of aliphatic carboxylic acids is 1. The molecule has 1 atom stereocenters. The zero-order valence-corrected chi connectivity index (χ0v) is 12.2. The predicted molar refractivity (Wildman–Crippen MR) is 74.4 cm³/mol. The van der Waals surface area contributed by atoms with Gasteiger partial charge in [-0.2, -0.15) is 0 Å². The van der Waals surface area contributed by atoms with E-state index in [4.69, 9.17) is 5.11 Å². The second-order valence-corrected chi connectivity index (χ2v) is 6.58. The lowest BCUT2D eigenvalue weighted by Crippen LogP contribution is -2.43. The molecule has 21 heavy (non-hydrogen) atoms. The third-order valence-corrected chi connectivity index (χ3v) is 4.90. The topological polar surface area (TPSA) is 77.9 Å². The van der Waals surface area contributed by atoms with Crippen molar-refractivity contribution in [3.8, 4) is 0 Å². The second-order valence-electron chi connectivity index (χ2n) is 6.58. The van der Waals surface area contributed by atoms with Gasteiger partial charge in [-0.05, 0) is 31.6 Å². The van der Waals surface area contributed by atoms with Gasteiger partial charge in [-0.25, -0.2) is 0 Å². The van der Waals surface area contributed by atoms with E-state index in [1.807, 2.05) is 4.90 Å². The Kier molecular flexibility index (Phi) is 3.87. The van der Waals surface area contributed by atoms with Gasteiger partial charge in [0.1, 0.15) is 0 Å². The van der Waals surface area contributed by atoms with Crippen LogP contribution in [0.3, 0.4) is 0 Å². The van der Waals surface area contributed by atoms with E-state index >= 15 is 0 Å². The van der Waals surface area contributed by atoms with Gasteiger partial charge in [0.05, 0.1) is 11.8 Å². The molecule has 6 heteroatoms. The van der Waals surface area contributed by atoms with Crippen LogP contribution in [0.25, 0.3) is 0 Å². The summed E-state index contributed by atoms with van der Waals surface area (Å²) in [5.41, 5.74) is 0. The molecule has 0 aromatic rings. The van der Waals surface area contributed by atoms with Gasteiger partial charge in [-0.1, -0.05) is 0 Å². The molecule has 3 aliphatic rings. The Labute approximate surface area is 124 Å². The molecule has 0 spiro atoms. The normalized spacial score (nSPS) is 27.2. The van der Waals surface area contributed by atoms with Gasteiger partial charge in [-0.3, -0.25) is 14.4 Å².